The van der Waals surface area contributed by atoms with Crippen LogP contribution in [-0.4, -0.2) is 48.4 Å². The molecule has 1 saturated heterocycles. The van der Waals surface area contributed by atoms with Crippen molar-refractivity contribution in [2.75, 3.05) is 13.7 Å². The molecule has 2 aromatic rings. The number of methoxy groups -OCH3 is 1. The van der Waals surface area contributed by atoms with E-state index in [1.807, 2.05) is 6.07 Å². The van der Waals surface area contributed by atoms with Crippen molar-refractivity contribution in [1.82, 2.24) is 20.9 Å². The van der Waals surface area contributed by atoms with E-state index in [1.165, 1.54) is 0 Å². The molecule has 8 heteroatoms. The summed E-state index contributed by atoms with van der Waals surface area (Å²) in [7, 11) is 1.55. The third-order valence-electron chi connectivity index (χ3n) is 5.23. The van der Waals surface area contributed by atoms with Crippen LogP contribution in [0.1, 0.15) is 29.8 Å². The third-order valence-corrected chi connectivity index (χ3v) is 5.23. The molecule has 0 bridgehead atoms. The summed E-state index contributed by atoms with van der Waals surface area (Å²) < 4.78 is 5.31. The average molecular weight is 420 g/mol. The van der Waals surface area contributed by atoms with E-state index in [9.17, 15) is 14.4 Å². The lowest BCUT2D eigenvalue weighted by molar-refractivity contribution is -0.125. The van der Waals surface area contributed by atoms with Crippen molar-refractivity contribution in [3.05, 3.63) is 30.0 Å². The number of rotatable bonds is 8. The van der Waals surface area contributed by atoms with Gasteiger partial charge < -0.3 is 25.7 Å². The minimum atomic E-state index is -0.973. The maximum atomic E-state index is 12.8. The molecule has 0 aliphatic carbocycles. The molecule has 1 aliphatic heterocycles. The highest BCUT2D eigenvalue weighted by molar-refractivity contribution is 6.01. The number of fused-ring (bicyclic) bond motifs is 1. The molecule has 1 fully saturated rings. The smallest absolute Gasteiger partial charge is 0.268 e. The summed E-state index contributed by atoms with van der Waals surface area (Å²) in [5, 5.41) is 8.84. The van der Waals surface area contributed by atoms with Crippen LogP contribution >= 0.6 is 0 Å². The van der Waals surface area contributed by atoms with Gasteiger partial charge in [-0.05, 0) is 31.0 Å². The first-order valence-electron chi connectivity index (χ1n) is 9.91. The molecule has 3 amide bonds. The van der Waals surface area contributed by atoms with E-state index in [1.54, 1.807) is 25.3 Å². The number of terminal acetylenes is 2. The molecule has 4 N–H and O–H groups in total. The van der Waals surface area contributed by atoms with E-state index in [-0.39, 0.29) is 23.9 Å². The molecule has 1 aromatic heterocycles. The zero-order valence-corrected chi connectivity index (χ0v) is 17.2. The number of carbonyl (C=O) groups excluding carboxylic acids is 3. The molecule has 3 atom stereocenters. The monoisotopic (exact) mass is 420 g/mol. The van der Waals surface area contributed by atoms with Crippen molar-refractivity contribution in [1.29, 1.82) is 0 Å². The summed E-state index contributed by atoms with van der Waals surface area (Å²) in [6, 6.07) is 5.44. The largest absolute Gasteiger partial charge is 0.496 e. The van der Waals surface area contributed by atoms with Gasteiger partial charge in [0, 0.05) is 29.8 Å². The van der Waals surface area contributed by atoms with Gasteiger partial charge in [0.05, 0.1) is 13.2 Å². The molecular weight excluding hydrogens is 396 g/mol. The number of H-pyrrole nitrogens is 1. The molecule has 1 aromatic carbocycles. The summed E-state index contributed by atoms with van der Waals surface area (Å²) in [5.41, 5.74) is 0.995. The second kappa shape index (κ2) is 9.73. The van der Waals surface area contributed by atoms with Gasteiger partial charge in [0.15, 0.2) is 0 Å². The molecule has 0 radical (unpaired) electrons. The van der Waals surface area contributed by atoms with Gasteiger partial charge in [0.25, 0.3) is 5.91 Å². The fourth-order valence-corrected chi connectivity index (χ4v) is 3.59. The van der Waals surface area contributed by atoms with Crippen LogP contribution in [0.15, 0.2) is 24.3 Å². The number of aromatic amines is 1. The number of nitrogens with one attached hydrogen (secondary N) is 4. The topological polar surface area (TPSA) is 112 Å². The van der Waals surface area contributed by atoms with Crippen LogP contribution in [0.5, 0.6) is 5.75 Å². The Labute approximate surface area is 180 Å². The maximum Gasteiger partial charge on any atom is 0.268 e. The van der Waals surface area contributed by atoms with Crippen molar-refractivity contribution in [2.24, 2.45) is 5.92 Å². The molecule has 1 aliphatic rings. The molecular formula is C23H24N4O4. The number of aromatic nitrogens is 1. The van der Waals surface area contributed by atoms with Crippen LogP contribution in [-0.2, 0) is 9.59 Å². The Morgan fingerprint density at radius 2 is 2.13 bits per heavy atom. The number of hydrogen-bond acceptors (Lipinski definition) is 4. The lowest BCUT2D eigenvalue weighted by Crippen LogP contribution is -2.49. The Kier molecular flexibility index (Phi) is 6.84. The molecule has 0 spiro atoms. The summed E-state index contributed by atoms with van der Waals surface area (Å²) >= 11 is 0. The Bertz CT molecular complexity index is 1080. The summed E-state index contributed by atoms with van der Waals surface area (Å²) in [5.74, 6) is 4.22. The number of hydrogen-bond donors (Lipinski definition) is 4. The highest BCUT2D eigenvalue weighted by Crippen LogP contribution is 2.26. The van der Waals surface area contributed by atoms with Crippen LogP contribution in [0.2, 0.25) is 0 Å². The van der Waals surface area contributed by atoms with Crippen molar-refractivity contribution in [3.63, 3.8) is 0 Å². The zero-order valence-electron chi connectivity index (χ0n) is 17.2. The minimum Gasteiger partial charge on any atom is -0.496 e. The lowest BCUT2D eigenvalue weighted by atomic mass is 9.98. The fourth-order valence-electron chi connectivity index (χ4n) is 3.59. The Balaban J connectivity index is 1.69. The number of carbonyl (C=O) groups is 3. The highest BCUT2D eigenvalue weighted by Gasteiger charge is 2.29. The first-order valence-corrected chi connectivity index (χ1v) is 9.91. The summed E-state index contributed by atoms with van der Waals surface area (Å²) in [6.07, 6.45) is 11.9. The predicted octanol–water partition coefficient (Wildman–Crippen LogP) is 0.942. The SMILES string of the molecule is C#CCC(NC(=O)c1cc2c(OC)cccc2[nH]1)C(=O)NC(C#C)CC1CCNC1=O. The van der Waals surface area contributed by atoms with Crippen LogP contribution in [0.4, 0.5) is 0 Å². The first-order chi connectivity index (χ1) is 15.0. The number of ether oxygens (including phenoxy) is 1. The second-order valence-corrected chi connectivity index (χ2v) is 7.28. The van der Waals surface area contributed by atoms with E-state index in [4.69, 9.17) is 17.6 Å². The Morgan fingerprint density at radius 1 is 1.32 bits per heavy atom. The average Bonchev–Trinajstić information content (AvgIpc) is 3.38. The number of amides is 3. The molecule has 8 nitrogen and oxygen atoms in total. The van der Waals surface area contributed by atoms with Crippen LogP contribution in [0.3, 0.4) is 0 Å². The zero-order chi connectivity index (χ0) is 22.4. The quantitative estimate of drug-likeness (QED) is 0.476. The van der Waals surface area contributed by atoms with Gasteiger partial charge in [-0.1, -0.05) is 12.0 Å². The van der Waals surface area contributed by atoms with Crippen molar-refractivity contribution in [3.8, 4) is 30.4 Å². The highest BCUT2D eigenvalue weighted by atomic mass is 16.5. The predicted molar refractivity (Wildman–Crippen MR) is 116 cm³/mol. The van der Waals surface area contributed by atoms with Gasteiger partial charge in [-0.15, -0.1) is 18.8 Å². The van der Waals surface area contributed by atoms with Crippen molar-refractivity contribution in [2.45, 2.75) is 31.3 Å². The van der Waals surface area contributed by atoms with Crippen molar-refractivity contribution < 1.29 is 19.1 Å². The van der Waals surface area contributed by atoms with Crippen molar-refractivity contribution >= 4 is 28.6 Å². The molecule has 31 heavy (non-hydrogen) atoms. The van der Waals surface area contributed by atoms with Gasteiger partial charge in [-0.25, -0.2) is 0 Å². The molecule has 3 unspecified atom stereocenters. The van der Waals surface area contributed by atoms with Gasteiger partial charge in [0.1, 0.15) is 17.5 Å². The van der Waals surface area contributed by atoms with E-state index >= 15 is 0 Å². The van der Waals surface area contributed by atoms with E-state index in [0.29, 0.717) is 25.1 Å². The Morgan fingerprint density at radius 3 is 2.77 bits per heavy atom. The molecule has 160 valence electrons. The second-order valence-electron chi connectivity index (χ2n) is 7.28. The van der Waals surface area contributed by atoms with E-state index in [0.717, 1.165) is 10.9 Å². The van der Waals surface area contributed by atoms with Crippen LogP contribution in [0.25, 0.3) is 10.9 Å². The van der Waals surface area contributed by atoms with E-state index < -0.39 is 23.9 Å². The molecule has 2 heterocycles. The summed E-state index contributed by atoms with van der Waals surface area (Å²) in [4.78, 5) is 40.3. The molecule has 3 rings (SSSR count). The standard InChI is InChI=1S/C23H24N4O4/c1-4-7-18(22(29)25-15(5-2)12-14-10-11-24-21(14)28)27-23(30)19-13-16-17(26-19)8-6-9-20(16)31-3/h1-2,6,8-9,13-15,18,26H,7,10-12H2,3H3,(H,24,28)(H,25,29)(H,27,30). The first kappa shape index (κ1) is 21.8. The lowest BCUT2D eigenvalue weighted by Gasteiger charge is -2.20. The van der Waals surface area contributed by atoms with Gasteiger partial charge >= 0.3 is 0 Å². The molecule has 0 saturated carbocycles. The van der Waals surface area contributed by atoms with Crippen LogP contribution < -0.4 is 20.7 Å². The van der Waals surface area contributed by atoms with E-state index in [2.05, 4.69) is 32.8 Å². The maximum absolute atomic E-state index is 12.8. The minimum absolute atomic E-state index is 0.0116. The summed E-state index contributed by atoms with van der Waals surface area (Å²) in [6.45, 7) is 0.597. The van der Waals surface area contributed by atoms with Gasteiger partial charge in [-0.2, -0.15) is 0 Å². The normalized spacial score (nSPS) is 17.1. The van der Waals surface area contributed by atoms with Gasteiger partial charge in [0.2, 0.25) is 11.8 Å². The Hall–Kier alpha value is -3.91. The van der Waals surface area contributed by atoms with Gasteiger partial charge in [-0.3, -0.25) is 14.4 Å². The number of benzene rings is 1. The fraction of sp³-hybridized carbons (Fsp3) is 0.348. The third kappa shape index (κ3) is 4.99. The van der Waals surface area contributed by atoms with Crippen LogP contribution in [0, 0.1) is 30.6 Å².